The molecule has 2 N–H and O–H groups in total. The number of aryl methyl sites for hydroxylation is 1. The van der Waals surface area contributed by atoms with E-state index >= 15 is 0 Å². The minimum Gasteiger partial charge on any atom is -0.379 e. The van der Waals surface area contributed by atoms with E-state index in [1.165, 1.54) is 0 Å². The first-order valence-electron chi connectivity index (χ1n) is 8.47. The van der Waals surface area contributed by atoms with E-state index in [2.05, 4.69) is 25.5 Å². The van der Waals surface area contributed by atoms with Crippen molar-refractivity contribution in [2.75, 3.05) is 50.0 Å². The van der Waals surface area contributed by atoms with Gasteiger partial charge in [-0.3, -0.25) is 9.69 Å². The molecule has 1 aliphatic heterocycles. The molecule has 0 atom stereocenters. The Morgan fingerprint density at radius 3 is 2.72 bits per heavy atom. The van der Waals surface area contributed by atoms with E-state index in [1.54, 1.807) is 13.0 Å². The van der Waals surface area contributed by atoms with Gasteiger partial charge in [0.15, 0.2) is 0 Å². The molecule has 132 valence electrons. The fraction of sp³-hybridized carbons (Fsp3) is 0.389. The fourth-order valence-corrected chi connectivity index (χ4v) is 2.66. The van der Waals surface area contributed by atoms with Crippen LogP contribution in [0, 0.1) is 6.92 Å². The van der Waals surface area contributed by atoms with Crippen molar-refractivity contribution in [3.8, 4) is 0 Å². The number of nitrogens with one attached hydrogen (secondary N) is 2. The molecule has 1 saturated heterocycles. The van der Waals surface area contributed by atoms with Gasteiger partial charge in [0, 0.05) is 37.9 Å². The quantitative estimate of drug-likeness (QED) is 0.834. The number of aromatic nitrogens is 2. The molecule has 2 aromatic rings. The third-order valence-electron chi connectivity index (χ3n) is 3.94. The zero-order valence-corrected chi connectivity index (χ0v) is 14.4. The molecule has 2 heterocycles. The SMILES string of the molecule is Cc1nc(NCCN2CCOCC2)cc(C(=O)Nc2ccccc2)n1. The van der Waals surface area contributed by atoms with E-state index in [0.717, 1.165) is 45.1 Å². The molecule has 0 spiro atoms. The number of carbonyl (C=O) groups excluding carboxylic acids is 1. The van der Waals surface area contributed by atoms with Gasteiger partial charge in [0.25, 0.3) is 5.91 Å². The summed E-state index contributed by atoms with van der Waals surface area (Å²) in [5.74, 6) is 0.987. The molecule has 1 aromatic heterocycles. The van der Waals surface area contributed by atoms with E-state index in [4.69, 9.17) is 4.74 Å². The molecule has 25 heavy (non-hydrogen) atoms. The van der Waals surface area contributed by atoms with Crippen molar-refractivity contribution in [1.29, 1.82) is 0 Å². The van der Waals surface area contributed by atoms with Gasteiger partial charge < -0.3 is 15.4 Å². The maximum Gasteiger partial charge on any atom is 0.274 e. The molecule has 0 aliphatic carbocycles. The topological polar surface area (TPSA) is 79.4 Å². The maximum atomic E-state index is 12.4. The lowest BCUT2D eigenvalue weighted by Crippen LogP contribution is -2.39. The number of hydrogen-bond donors (Lipinski definition) is 2. The van der Waals surface area contributed by atoms with Crippen LogP contribution >= 0.6 is 0 Å². The number of para-hydroxylation sites is 1. The van der Waals surface area contributed by atoms with Gasteiger partial charge in [-0.05, 0) is 19.1 Å². The molecular formula is C18H23N5O2. The van der Waals surface area contributed by atoms with Crippen LogP contribution in [0.2, 0.25) is 0 Å². The molecule has 3 rings (SSSR count). The lowest BCUT2D eigenvalue weighted by Gasteiger charge is -2.26. The summed E-state index contributed by atoms with van der Waals surface area (Å²) in [6, 6.07) is 11.0. The Hall–Kier alpha value is -2.51. The average Bonchev–Trinajstić information content (AvgIpc) is 2.63. The van der Waals surface area contributed by atoms with Crippen molar-refractivity contribution in [2.24, 2.45) is 0 Å². The number of amides is 1. The standard InChI is InChI=1S/C18H23N5O2/c1-14-20-16(18(24)22-15-5-3-2-4-6-15)13-17(21-14)19-7-8-23-9-11-25-12-10-23/h2-6,13H,7-12H2,1H3,(H,22,24)(H,19,20,21). The first kappa shape index (κ1) is 17.3. The molecule has 7 heteroatoms. The molecule has 1 aromatic carbocycles. The van der Waals surface area contributed by atoms with Crippen molar-refractivity contribution in [3.05, 3.63) is 47.9 Å². The van der Waals surface area contributed by atoms with E-state index in [9.17, 15) is 4.79 Å². The Morgan fingerprint density at radius 1 is 1.20 bits per heavy atom. The molecule has 1 amide bonds. The number of ether oxygens (including phenoxy) is 1. The average molecular weight is 341 g/mol. The van der Waals surface area contributed by atoms with E-state index in [0.29, 0.717) is 17.3 Å². The Morgan fingerprint density at radius 2 is 1.96 bits per heavy atom. The molecular weight excluding hydrogens is 318 g/mol. The lowest BCUT2D eigenvalue weighted by molar-refractivity contribution is 0.0398. The second-order valence-corrected chi connectivity index (χ2v) is 5.89. The van der Waals surface area contributed by atoms with Crippen molar-refractivity contribution in [1.82, 2.24) is 14.9 Å². The highest BCUT2D eigenvalue weighted by Crippen LogP contribution is 2.11. The molecule has 0 radical (unpaired) electrons. The molecule has 1 aliphatic rings. The van der Waals surface area contributed by atoms with Gasteiger partial charge in [0.2, 0.25) is 0 Å². The van der Waals surface area contributed by atoms with Gasteiger partial charge in [-0.15, -0.1) is 0 Å². The van der Waals surface area contributed by atoms with Gasteiger partial charge in [-0.2, -0.15) is 0 Å². The highest BCUT2D eigenvalue weighted by atomic mass is 16.5. The molecule has 0 bridgehead atoms. The summed E-state index contributed by atoms with van der Waals surface area (Å²) in [4.78, 5) is 23.3. The zero-order chi connectivity index (χ0) is 17.5. The van der Waals surface area contributed by atoms with Crippen LogP contribution in [0.25, 0.3) is 0 Å². The highest BCUT2D eigenvalue weighted by molar-refractivity contribution is 6.03. The number of anilines is 2. The number of carbonyl (C=O) groups is 1. The first-order chi connectivity index (χ1) is 12.2. The second-order valence-electron chi connectivity index (χ2n) is 5.89. The van der Waals surface area contributed by atoms with Gasteiger partial charge >= 0.3 is 0 Å². The normalized spacial score (nSPS) is 14.9. The Kier molecular flexibility index (Phi) is 5.92. The monoisotopic (exact) mass is 341 g/mol. The number of hydrogen-bond acceptors (Lipinski definition) is 6. The predicted molar refractivity (Wildman–Crippen MR) is 96.9 cm³/mol. The summed E-state index contributed by atoms with van der Waals surface area (Å²) in [6.45, 7) is 6.94. The summed E-state index contributed by atoms with van der Waals surface area (Å²) in [5, 5.41) is 6.12. The van der Waals surface area contributed by atoms with Gasteiger partial charge in [0.1, 0.15) is 17.3 Å². The van der Waals surface area contributed by atoms with Crippen LogP contribution in [0.5, 0.6) is 0 Å². The summed E-state index contributed by atoms with van der Waals surface area (Å²) >= 11 is 0. The van der Waals surface area contributed by atoms with Crippen molar-refractivity contribution >= 4 is 17.4 Å². The Labute approximate surface area is 147 Å². The van der Waals surface area contributed by atoms with Gasteiger partial charge in [-0.1, -0.05) is 18.2 Å². The van der Waals surface area contributed by atoms with Crippen LogP contribution in [0.3, 0.4) is 0 Å². The Bertz CT molecular complexity index is 702. The van der Waals surface area contributed by atoms with Crippen molar-refractivity contribution in [3.63, 3.8) is 0 Å². The molecule has 0 saturated carbocycles. The Balaban J connectivity index is 1.58. The van der Waals surface area contributed by atoms with Crippen LogP contribution in [0.1, 0.15) is 16.3 Å². The fourth-order valence-electron chi connectivity index (χ4n) is 2.66. The van der Waals surface area contributed by atoms with Crippen LogP contribution in [-0.2, 0) is 4.74 Å². The third-order valence-corrected chi connectivity index (χ3v) is 3.94. The number of benzene rings is 1. The summed E-state index contributed by atoms with van der Waals surface area (Å²) < 4.78 is 5.34. The van der Waals surface area contributed by atoms with Crippen molar-refractivity contribution < 1.29 is 9.53 Å². The highest BCUT2D eigenvalue weighted by Gasteiger charge is 2.12. The molecule has 7 nitrogen and oxygen atoms in total. The smallest absolute Gasteiger partial charge is 0.274 e. The predicted octanol–water partition coefficient (Wildman–Crippen LogP) is 1.78. The van der Waals surface area contributed by atoms with E-state index in [-0.39, 0.29) is 5.91 Å². The van der Waals surface area contributed by atoms with Crippen LogP contribution in [0.15, 0.2) is 36.4 Å². The number of nitrogens with zero attached hydrogens (tertiary/aromatic N) is 3. The summed E-state index contributed by atoms with van der Waals surface area (Å²) in [7, 11) is 0. The minimum absolute atomic E-state index is 0.243. The van der Waals surface area contributed by atoms with Crippen LogP contribution < -0.4 is 10.6 Å². The second kappa shape index (κ2) is 8.55. The summed E-state index contributed by atoms with van der Waals surface area (Å²) in [6.07, 6.45) is 0. The minimum atomic E-state index is -0.243. The lowest BCUT2D eigenvalue weighted by atomic mass is 10.3. The first-order valence-corrected chi connectivity index (χ1v) is 8.47. The van der Waals surface area contributed by atoms with Gasteiger partial charge in [0.05, 0.1) is 13.2 Å². The molecule has 1 fully saturated rings. The van der Waals surface area contributed by atoms with E-state index in [1.807, 2.05) is 30.3 Å². The maximum absolute atomic E-state index is 12.4. The van der Waals surface area contributed by atoms with Crippen molar-refractivity contribution in [2.45, 2.75) is 6.92 Å². The van der Waals surface area contributed by atoms with Gasteiger partial charge in [-0.25, -0.2) is 9.97 Å². The third kappa shape index (κ3) is 5.23. The number of morpholine rings is 1. The zero-order valence-electron chi connectivity index (χ0n) is 14.4. The van der Waals surface area contributed by atoms with Crippen LogP contribution in [-0.4, -0.2) is 60.2 Å². The largest absolute Gasteiger partial charge is 0.379 e. The van der Waals surface area contributed by atoms with E-state index < -0.39 is 0 Å². The summed E-state index contributed by atoms with van der Waals surface area (Å²) in [5.41, 5.74) is 1.09. The number of rotatable bonds is 6. The van der Waals surface area contributed by atoms with Crippen LogP contribution in [0.4, 0.5) is 11.5 Å². The molecule has 0 unspecified atom stereocenters.